The van der Waals surface area contributed by atoms with Crippen molar-refractivity contribution in [1.29, 1.82) is 0 Å². The number of amides is 1. The molecule has 1 amide bonds. The molecule has 3 aromatic carbocycles. The topological polar surface area (TPSA) is 221 Å². The smallest absolute Gasteiger partial charge is 0.416 e. The molecule has 1 aliphatic heterocycles. The molecule has 3 aliphatic carbocycles. The zero-order chi connectivity index (χ0) is 48.3. The average Bonchev–Trinajstić information content (AvgIpc) is 3.26. The van der Waals surface area contributed by atoms with Crippen LogP contribution in [0.4, 0.5) is 13.2 Å². The maximum Gasteiger partial charge on any atom is 0.416 e. The summed E-state index contributed by atoms with van der Waals surface area (Å²) in [5.41, 5.74) is -10.2. The molecule has 0 unspecified atom stereocenters. The van der Waals surface area contributed by atoms with E-state index in [2.05, 4.69) is 5.32 Å². The number of carbonyl (C=O) groups excluding carboxylic acids is 6. The molecule has 3 aromatic rings. The molecule has 7 rings (SSSR count). The number of ketones is 1. The Morgan fingerprint density at radius 1 is 0.864 bits per heavy atom. The van der Waals surface area contributed by atoms with Crippen LogP contribution in [0.1, 0.15) is 92.3 Å². The summed E-state index contributed by atoms with van der Waals surface area (Å²) in [6, 6.07) is 17.8. The van der Waals surface area contributed by atoms with Gasteiger partial charge in [-0.1, -0.05) is 68.4 Å². The second-order valence-electron chi connectivity index (χ2n) is 18.1. The molecule has 4 N–H and O–H groups in total. The number of halogens is 3. The molecule has 2 saturated carbocycles. The third kappa shape index (κ3) is 8.07. The predicted molar refractivity (Wildman–Crippen MR) is 223 cm³/mol. The van der Waals surface area contributed by atoms with Crippen LogP contribution in [-0.4, -0.2) is 105 Å². The predicted octanol–water partition coefficient (Wildman–Crippen LogP) is 4.75. The lowest BCUT2D eigenvalue weighted by Crippen LogP contribution is -2.82. The van der Waals surface area contributed by atoms with Crippen LogP contribution in [0.25, 0.3) is 0 Å². The van der Waals surface area contributed by atoms with E-state index in [1.165, 1.54) is 39.8 Å². The van der Waals surface area contributed by atoms with Crippen molar-refractivity contribution in [2.45, 2.75) is 114 Å². The number of rotatable bonds is 10. The molecule has 15 nitrogen and oxygen atoms in total. The first kappa shape index (κ1) is 48.0. The Kier molecular flexibility index (Phi) is 12.6. The summed E-state index contributed by atoms with van der Waals surface area (Å²) >= 11 is 0. The maximum atomic E-state index is 15.5. The van der Waals surface area contributed by atoms with Crippen LogP contribution in [0.15, 0.2) is 96.1 Å². The maximum absolute atomic E-state index is 15.5. The van der Waals surface area contributed by atoms with Gasteiger partial charge in [0, 0.05) is 37.7 Å². The Morgan fingerprint density at radius 2 is 1.48 bits per heavy atom. The van der Waals surface area contributed by atoms with Gasteiger partial charge in [-0.05, 0) is 60.9 Å². The van der Waals surface area contributed by atoms with Crippen LogP contribution in [0.3, 0.4) is 0 Å². The lowest BCUT2D eigenvalue weighted by Gasteiger charge is -2.67. The molecule has 2 bridgehead atoms. The van der Waals surface area contributed by atoms with Gasteiger partial charge in [-0.15, -0.1) is 0 Å². The minimum atomic E-state index is -4.90. The van der Waals surface area contributed by atoms with Crippen molar-refractivity contribution in [3.63, 3.8) is 0 Å². The highest BCUT2D eigenvalue weighted by Crippen LogP contribution is 2.64. The Labute approximate surface area is 377 Å². The van der Waals surface area contributed by atoms with Crippen molar-refractivity contribution in [2.75, 3.05) is 6.61 Å². The molecule has 18 heteroatoms. The fraction of sp³-hybridized carbons (Fsp3) is 0.458. The lowest BCUT2D eigenvalue weighted by molar-refractivity contribution is -0.346. The molecule has 1 heterocycles. The van der Waals surface area contributed by atoms with Crippen molar-refractivity contribution >= 4 is 35.6 Å². The molecule has 0 radical (unpaired) electrons. The van der Waals surface area contributed by atoms with E-state index in [4.69, 9.17) is 23.7 Å². The summed E-state index contributed by atoms with van der Waals surface area (Å²) in [7, 11) is 0. The first-order chi connectivity index (χ1) is 30.9. The number of alkyl halides is 3. The minimum Gasteiger partial charge on any atom is -0.456 e. The lowest BCUT2D eigenvalue weighted by atomic mass is 9.44. The van der Waals surface area contributed by atoms with Gasteiger partial charge in [0.15, 0.2) is 23.6 Å². The molecule has 0 spiro atoms. The van der Waals surface area contributed by atoms with Crippen molar-refractivity contribution in [2.24, 2.45) is 16.7 Å². The van der Waals surface area contributed by atoms with E-state index in [0.717, 1.165) is 32.0 Å². The normalized spacial score (nSPS) is 30.9. The van der Waals surface area contributed by atoms with Crippen molar-refractivity contribution in [1.82, 2.24) is 5.32 Å². The van der Waals surface area contributed by atoms with Gasteiger partial charge in [0.2, 0.25) is 0 Å². The first-order valence-electron chi connectivity index (χ1n) is 21.2. The van der Waals surface area contributed by atoms with Crippen LogP contribution in [0, 0.1) is 16.7 Å². The average molecular weight is 922 g/mol. The molecule has 11 atom stereocenters. The highest BCUT2D eigenvalue weighted by atomic mass is 19.4. The molecule has 66 heavy (non-hydrogen) atoms. The summed E-state index contributed by atoms with van der Waals surface area (Å²) in [4.78, 5) is 83.7. The molecule has 1 saturated heterocycles. The number of benzene rings is 3. The quantitative estimate of drug-likeness (QED) is 0.123. The Morgan fingerprint density at radius 3 is 2.06 bits per heavy atom. The summed E-state index contributed by atoms with van der Waals surface area (Å²) in [6.45, 7) is 7.14. The van der Waals surface area contributed by atoms with Gasteiger partial charge in [-0.2, -0.15) is 13.2 Å². The summed E-state index contributed by atoms with van der Waals surface area (Å²) < 4.78 is 71.7. The van der Waals surface area contributed by atoms with Crippen molar-refractivity contribution in [3.05, 3.63) is 118 Å². The molecule has 0 aromatic heterocycles. The third-order valence-corrected chi connectivity index (χ3v) is 13.9. The number of hydrogen-bond acceptors (Lipinski definition) is 14. The number of carbonyl (C=O) groups is 6. The van der Waals surface area contributed by atoms with Gasteiger partial charge < -0.3 is 44.3 Å². The second-order valence-corrected chi connectivity index (χ2v) is 18.1. The zero-order valence-electron chi connectivity index (χ0n) is 36.8. The van der Waals surface area contributed by atoms with E-state index >= 15 is 4.79 Å². The van der Waals surface area contributed by atoms with E-state index in [9.17, 15) is 52.5 Å². The SMILES string of the molecule is CC(=O)O[C@H]1C(=O)[C@@]2(C)[C@H]([C@H](OC(=O)c3cccc(C(F)(F)F)c3)[C@]3(O)C[C@H](OC(=O)[C@H](O)[C@@H](NC(=O)c4ccccc4)c4ccccc4)C(C)=C1C3(C)C)[C@]1(OC(C)=O)CO[C@@H]1C[C@@H]2O. The fourth-order valence-electron chi connectivity index (χ4n) is 10.4. The monoisotopic (exact) mass is 921 g/mol. The van der Waals surface area contributed by atoms with Crippen LogP contribution in [-0.2, 0) is 49.0 Å². The van der Waals surface area contributed by atoms with Gasteiger partial charge in [0.05, 0.1) is 41.2 Å². The van der Waals surface area contributed by atoms with Gasteiger partial charge in [0.25, 0.3) is 5.91 Å². The van der Waals surface area contributed by atoms with E-state index < -0.39 is 137 Å². The third-order valence-electron chi connectivity index (χ3n) is 13.9. The Bertz CT molecular complexity index is 2460. The minimum absolute atomic E-state index is 0.0456. The van der Waals surface area contributed by atoms with E-state index in [1.807, 2.05) is 0 Å². The van der Waals surface area contributed by atoms with E-state index in [-0.39, 0.29) is 23.1 Å². The van der Waals surface area contributed by atoms with Gasteiger partial charge in [-0.3, -0.25) is 19.2 Å². The highest BCUT2D eigenvalue weighted by Gasteiger charge is 2.78. The highest BCUT2D eigenvalue weighted by molar-refractivity contribution is 5.96. The van der Waals surface area contributed by atoms with Gasteiger partial charge in [-0.25, -0.2) is 9.59 Å². The number of aliphatic hydroxyl groups is 3. The molecule has 3 fully saturated rings. The Hall–Kier alpha value is -5.95. The molecular weight excluding hydrogens is 872 g/mol. The molecular formula is C48H50F3NO14. The number of esters is 4. The number of Topliss-reactive ketones (excluding diaryl/α,β-unsaturated/α-hetero) is 1. The largest absolute Gasteiger partial charge is 0.456 e. The number of hydrogen-bond donors (Lipinski definition) is 4. The van der Waals surface area contributed by atoms with Gasteiger partial charge in [0.1, 0.15) is 23.9 Å². The zero-order valence-corrected chi connectivity index (χ0v) is 36.8. The number of nitrogens with one attached hydrogen (secondary N) is 1. The number of aliphatic hydroxyl groups excluding tert-OH is 2. The van der Waals surface area contributed by atoms with E-state index in [0.29, 0.717) is 11.6 Å². The van der Waals surface area contributed by atoms with Gasteiger partial charge >= 0.3 is 30.1 Å². The van der Waals surface area contributed by atoms with E-state index in [1.54, 1.807) is 48.5 Å². The number of fused-ring (bicyclic) bond motifs is 5. The summed E-state index contributed by atoms with van der Waals surface area (Å²) in [5.74, 6) is -8.11. The van der Waals surface area contributed by atoms with Crippen molar-refractivity contribution in [3.8, 4) is 0 Å². The van der Waals surface area contributed by atoms with Crippen LogP contribution < -0.4 is 5.32 Å². The Balaban J connectivity index is 1.40. The first-order valence-corrected chi connectivity index (χ1v) is 21.2. The second kappa shape index (κ2) is 17.4. The summed E-state index contributed by atoms with van der Waals surface area (Å²) in [6.07, 6.45) is -16.7. The summed E-state index contributed by atoms with van der Waals surface area (Å²) in [5, 5.41) is 40.2. The number of ether oxygens (including phenoxy) is 5. The molecule has 4 aliphatic rings. The van der Waals surface area contributed by atoms with Crippen molar-refractivity contribution < 1.29 is 80.9 Å². The van der Waals surface area contributed by atoms with Crippen LogP contribution in [0.2, 0.25) is 0 Å². The fourth-order valence-corrected chi connectivity index (χ4v) is 10.4. The molecule has 352 valence electrons. The van der Waals surface area contributed by atoms with Crippen LogP contribution in [0.5, 0.6) is 0 Å². The van der Waals surface area contributed by atoms with Crippen LogP contribution >= 0.6 is 0 Å². The standard InChI is InChI=1S/C48H50F3NO14/c1-24-31(64-43(60)36(56)35(27-14-9-7-10-15-27)52-41(58)28-16-11-8-12-17-28)22-47(61)40(65-42(59)29-18-13-19-30(20-29)48(49,50)51)38-45(6,32(55)21-33-46(38,23-62-33)66-26(3)54)39(57)37(63-25(2)53)34(24)44(47,4)5/h7-20,31-33,35-38,40,55-56,61H,21-23H2,1-6H3,(H,52,58)/t31-,32-,33+,35-,36+,37+,38-,40-,45+,46-,47+/m0/s1.